The second kappa shape index (κ2) is 5.71. The molecular formula is C14H14ClNO. The predicted octanol–water partition coefficient (Wildman–Crippen LogP) is 3.85. The fourth-order valence-electron chi connectivity index (χ4n) is 1.56. The van der Waals surface area contributed by atoms with E-state index in [-0.39, 0.29) is 0 Å². The molecule has 0 aliphatic heterocycles. The first-order valence-corrected chi connectivity index (χ1v) is 5.83. The van der Waals surface area contributed by atoms with Crippen molar-refractivity contribution < 1.29 is 4.74 Å². The van der Waals surface area contributed by atoms with Crippen LogP contribution in [0.4, 0.5) is 0 Å². The number of halogens is 1. The van der Waals surface area contributed by atoms with E-state index in [1.165, 1.54) is 5.56 Å². The monoisotopic (exact) mass is 247 g/mol. The first kappa shape index (κ1) is 12.0. The Morgan fingerprint density at radius 1 is 1.06 bits per heavy atom. The number of ether oxygens (including phenoxy) is 1. The Bertz CT molecular complexity index is 482. The van der Waals surface area contributed by atoms with Crippen molar-refractivity contribution in [2.24, 2.45) is 0 Å². The van der Waals surface area contributed by atoms with Gasteiger partial charge in [-0.25, -0.2) is 0 Å². The van der Waals surface area contributed by atoms with Gasteiger partial charge >= 0.3 is 0 Å². The van der Waals surface area contributed by atoms with E-state index in [0.29, 0.717) is 5.02 Å². The third-order valence-electron chi connectivity index (χ3n) is 2.33. The molecule has 0 aliphatic carbocycles. The van der Waals surface area contributed by atoms with Gasteiger partial charge in [-0.2, -0.15) is 0 Å². The maximum Gasteiger partial charge on any atom is 0.127 e. The van der Waals surface area contributed by atoms with Crippen LogP contribution in [0, 0.1) is 0 Å². The highest BCUT2D eigenvalue weighted by molar-refractivity contribution is 6.30. The summed E-state index contributed by atoms with van der Waals surface area (Å²) in [6.45, 7) is 0.831. The van der Waals surface area contributed by atoms with E-state index in [1.54, 1.807) is 0 Å². The predicted molar refractivity (Wildman–Crippen MR) is 70.7 cm³/mol. The summed E-state index contributed by atoms with van der Waals surface area (Å²) >= 11 is 5.82. The lowest BCUT2D eigenvalue weighted by molar-refractivity contribution is 0.482. The first-order chi connectivity index (χ1) is 8.28. The van der Waals surface area contributed by atoms with Crippen LogP contribution in [0.15, 0.2) is 48.5 Å². The summed E-state index contributed by atoms with van der Waals surface area (Å²) in [6, 6.07) is 15.3. The van der Waals surface area contributed by atoms with Crippen LogP contribution in [0.2, 0.25) is 5.02 Å². The summed E-state index contributed by atoms with van der Waals surface area (Å²) in [7, 11) is 1.92. The molecule has 2 aromatic rings. The average molecular weight is 248 g/mol. The van der Waals surface area contributed by atoms with Crippen molar-refractivity contribution in [3.63, 3.8) is 0 Å². The molecule has 2 aromatic carbocycles. The Labute approximate surface area is 106 Å². The standard InChI is InChI=1S/C14H14ClNO/c1-16-10-11-3-2-4-14(9-11)17-13-7-5-12(15)6-8-13/h2-9,16H,10H2,1H3. The molecule has 1 N–H and O–H groups in total. The van der Waals surface area contributed by atoms with Crippen molar-refractivity contribution in [1.29, 1.82) is 0 Å². The van der Waals surface area contributed by atoms with Gasteiger partial charge in [0.2, 0.25) is 0 Å². The zero-order valence-corrected chi connectivity index (χ0v) is 10.4. The van der Waals surface area contributed by atoms with Crippen LogP contribution in [0.5, 0.6) is 11.5 Å². The molecule has 2 nitrogen and oxygen atoms in total. The third-order valence-corrected chi connectivity index (χ3v) is 2.58. The highest BCUT2D eigenvalue weighted by Crippen LogP contribution is 2.23. The van der Waals surface area contributed by atoms with Gasteiger partial charge in [-0.05, 0) is 49.0 Å². The lowest BCUT2D eigenvalue weighted by atomic mass is 10.2. The van der Waals surface area contributed by atoms with Gasteiger partial charge in [0.25, 0.3) is 0 Å². The summed E-state index contributed by atoms with van der Waals surface area (Å²) < 4.78 is 5.73. The molecule has 88 valence electrons. The van der Waals surface area contributed by atoms with Crippen LogP contribution in [0.3, 0.4) is 0 Å². The van der Waals surface area contributed by atoms with Gasteiger partial charge in [0.1, 0.15) is 11.5 Å². The lowest BCUT2D eigenvalue weighted by Gasteiger charge is -2.07. The second-order valence-corrected chi connectivity index (χ2v) is 4.17. The fourth-order valence-corrected chi connectivity index (χ4v) is 1.69. The number of benzene rings is 2. The maximum atomic E-state index is 5.82. The van der Waals surface area contributed by atoms with Crippen LogP contribution in [0.1, 0.15) is 5.56 Å². The quantitative estimate of drug-likeness (QED) is 0.886. The van der Waals surface area contributed by atoms with E-state index in [2.05, 4.69) is 11.4 Å². The summed E-state index contributed by atoms with van der Waals surface area (Å²) in [5.41, 5.74) is 1.19. The minimum absolute atomic E-state index is 0.710. The largest absolute Gasteiger partial charge is 0.457 e. The molecule has 3 heteroatoms. The number of rotatable bonds is 4. The Morgan fingerprint density at radius 3 is 2.53 bits per heavy atom. The van der Waals surface area contributed by atoms with Crippen molar-refractivity contribution in [2.45, 2.75) is 6.54 Å². The summed E-state index contributed by atoms with van der Waals surface area (Å²) in [5, 5.41) is 3.82. The molecule has 0 saturated heterocycles. The van der Waals surface area contributed by atoms with E-state index >= 15 is 0 Å². The van der Waals surface area contributed by atoms with Crippen molar-refractivity contribution in [2.75, 3.05) is 7.05 Å². The van der Waals surface area contributed by atoms with E-state index in [1.807, 2.05) is 49.5 Å². The molecule has 0 radical (unpaired) electrons. The molecule has 2 rings (SSSR count). The van der Waals surface area contributed by atoms with E-state index in [4.69, 9.17) is 16.3 Å². The average Bonchev–Trinajstić information content (AvgIpc) is 2.33. The zero-order valence-electron chi connectivity index (χ0n) is 9.61. The molecule has 0 fully saturated rings. The molecule has 0 aliphatic rings. The van der Waals surface area contributed by atoms with Gasteiger partial charge < -0.3 is 10.1 Å². The number of hydrogen-bond donors (Lipinski definition) is 1. The van der Waals surface area contributed by atoms with Crippen molar-refractivity contribution in [3.8, 4) is 11.5 Å². The Kier molecular flexibility index (Phi) is 4.02. The molecule has 0 aromatic heterocycles. The molecule has 0 amide bonds. The van der Waals surface area contributed by atoms with Crippen LogP contribution in [0.25, 0.3) is 0 Å². The van der Waals surface area contributed by atoms with Gasteiger partial charge in [-0.3, -0.25) is 0 Å². The summed E-state index contributed by atoms with van der Waals surface area (Å²) in [4.78, 5) is 0. The van der Waals surface area contributed by atoms with Crippen LogP contribution in [-0.4, -0.2) is 7.05 Å². The van der Waals surface area contributed by atoms with Crippen LogP contribution < -0.4 is 10.1 Å². The first-order valence-electron chi connectivity index (χ1n) is 5.45. The number of nitrogens with one attached hydrogen (secondary N) is 1. The molecule has 0 saturated carbocycles. The van der Waals surface area contributed by atoms with Crippen LogP contribution >= 0.6 is 11.6 Å². The Balaban J connectivity index is 2.12. The summed E-state index contributed by atoms with van der Waals surface area (Å²) in [5.74, 6) is 1.62. The minimum atomic E-state index is 0.710. The normalized spacial score (nSPS) is 10.2. The molecule has 0 bridgehead atoms. The minimum Gasteiger partial charge on any atom is -0.457 e. The zero-order chi connectivity index (χ0) is 12.1. The van der Waals surface area contributed by atoms with E-state index in [0.717, 1.165) is 18.0 Å². The van der Waals surface area contributed by atoms with Gasteiger partial charge in [0, 0.05) is 11.6 Å². The second-order valence-electron chi connectivity index (χ2n) is 3.73. The Morgan fingerprint density at radius 2 is 1.82 bits per heavy atom. The van der Waals surface area contributed by atoms with E-state index in [9.17, 15) is 0 Å². The fraction of sp³-hybridized carbons (Fsp3) is 0.143. The topological polar surface area (TPSA) is 21.3 Å². The van der Waals surface area contributed by atoms with Gasteiger partial charge in [-0.15, -0.1) is 0 Å². The SMILES string of the molecule is CNCc1cccc(Oc2ccc(Cl)cc2)c1. The maximum absolute atomic E-state index is 5.82. The molecule has 0 spiro atoms. The number of hydrogen-bond acceptors (Lipinski definition) is 2. The molecule has 0 unspecified atom stereocenters. The van der Waals surface area contributed by atoms with E-state index < -0.39 is 0 Å². The summed E-state index contributed by atoms with van der Waals surface area (Å²) in [6.07, 6.45) is 0. The van der Waals surface area contributed by atoms with Gasteiger partial charge in [-0.1, -0.05) is 23.7 Å². The lowest BCUT2D eigenvalue weighted by Crippen LogP contribution is -2.04. The molecule has 17 heavy (non-hydrogen) atoms. The third kappa shape index (κ3) is 3.48. The molecular weight excluding hydrogens is 234 g/mol. The Hall–Kier alpha value is -1.51. The highest BCUT2D eigenvalue weighted by atomic mass is 35.5. The smallest absolute Gasteiger partial charge is 0.127 e. The highest BCUT2D eigenvalue weighted by Gasteiger charge is 1.98. The van der Waals surface area contributed by atoms with Crippen molar-refractivity contribution >= 4 is 11.6 Å². The van der Waals surface area contributed by atoms with Crippen LogP contribution in [-0.2, 0) is 6.54 Å². The van der Waals surface area contributed by atoms with Crippen molar-refractivity contribution in [1.82, 2.24) is 5.32 Å². The van der Waals surface area contributed by atoms with Gasteiger partial charge in [0.05, 0.1) is 0 Å². The molecule has 0 atom stereocenters. The molecule has 0 heterocycles. The van der Waals surface area contributed by atoms with Crippen molar-refractivity contribution in [3.05, 3.63) is 59.1 Å². The van der Waals surface area contributed by atoms with Gasteiger partial charge in [0.15, 0.2) is 0 Å².